The van der Waals surface area contributed by atoms with Gasteiger partial charge in [-0.3, -0.25) is 13.9 Å². The Morgan fingerprint density at radius 3 is 2.17 bits per heavy atom. The second-order valence-corrected chi connectivity index (χ2v) is 12.9. The van der Waals surface area contributed by atoms with E-state index in [9.17, 15) is 22.4 Å². The summed E-state index contributed by atoms with van der Waals surface area (Å²) in [5.74, 6) is -0.261. The molecule has 1 atom stereocenters. The van der Waals surface area contributed by atoms with Crippen molar-refractivity contribution >= 4 is 27.5 Å². The smallest absolute Gasteiger partial charge is 0.264 e. The molecule has 46 heavy (non-hydrogen) atoms. The fourth-order valence-electron chi connectivity index (χ4n) is 5.58. The van der Waals surface area contributed by atoms with Crippen LogP contribution in [0.15, 0.2) is 71.6 Å². The Kier molecular flexibility index (Phi) is 11.9. The highest BCUT2D eigenvalue weighted by Crippen LogP contribution is 2.33. The summed E-state index contributed by atoms with van der Waals surface area (Å²) in [6.07, 6.45) is 4.05. The lowest BCUT2D eigenvalue weighted by Crippen LogP contribution is -2.53. The van der Waals surface area contributed by atoms with E-state index in [0.717, 1.165) is 30.0 Å². The number of carbonyl (C=O) groups is 2. The van der Waals surface area contributed by atoms with Crippen molar-refractivity contribution < 1.29 is 36.6 Å². The summed E-state index contributed by atoms with van der Waals surface area (Å²) in [6.45, 7) is 3.42. The third-order valence-corrected chi connectivity index (χ3v) is 9.78. The molecule has 0 saturated heterocycles. The van der Waals surface area contributed by atoms with E-state index < -0.39 is 34.3 Å². The standard InChI is InChI=1S/C34H42FN3O7S/c1-5-30(34(40)36-26-9-7-8-10-26)37(22-24-11-13-25(35)14-12-24)33(39)23-38(27-15-17-28(18-16-27)45-6-2)46(41,42)29-19-20-31(43-3)32(21-29)44-4/h11-21,26,30H,5-10,22-23H2,1-4H3,(H,36,40)/t30-/m0/s1. The van der Waals surface area contributed by atoms with E-state index in [2.05, 4.69) is 5.32 Å². The lowest BCUT2D eigenvalue weighted by atomic mass is 10.1. The molecule has 0 unspecified atom stereocenters. The molecule has 1 fully saturated rings. The number of carbonyl (C=O) groups excluding carboxylic acids is 2. The van der Waals surface area contributed by atoms with Gasteiger partial charge in [-0.2, -0.15) is 0 Å². The monoisotopic (exact) mass is 655 g/mol. The molecule has 1 aliphatic rings. The van der Waals surface area contributed by atoms with Crippen LogP contribution in [0, 0.1) is 5.82 Å². The molecule has 1 saturated carbocycles. The lowest BCUT2D eigenvalue weighted by Gasteiger charge is -2.34. The first kappa shape index (κ1) is 34.6. The summed E-state index contributed by atoms with van der Waals surface area (Å²) in [5, 5.41) is 3.08. The molecule has 3 aromatic carbocycles. The van der Waals surface area contributed by atoms with Gasteiger partial charge in [0, 0.05) is 18.7 Å². The third-order valence-electron chi connectivity index (χ3n) is 8.01. The molecule has 0 spiro atoms. The van der Waals surface area contributed by atoms with E-state index in [1.165, 1.54) is 49.5 Å². The van der Waals surface area contributed by atoms with Crippen molar-refractivity contribution in [3.63, 3.8) is 0 Å². The van der Waals surface area contributed by atoms with E-state index in [1.54, 1.807) is 43.3 Å². The van der Waals surface area contributed by atoms with Crippen LogP contribution in [-0.2, 0) is 26.2 Å². The molecule has 12 heteroatoms. The van der Waals surface area contributed by atoms with E-state index in [0.29, 0.717) is 23.7 Å². The second-order valence-electron chi connectivity index (χ2n) is 11.0. The molecule has 0 radical (unpaired) electrons. The fraction of sp³-hybridized carbons (Fsp3) is 0.412. The maximum Gasteiger partial charge on any atom is 0.264 e. The third kappa shape index (κ3) is 8.28. The number of hydrogen-bond acceptors (Lipinski definition) is 7. The summed E-state index contributed by atoms with van der Waals surface area (Å²) in [4.78, 5) is 29.2. The Morgan fingerprint density at radius 1 is 0.935 bits per heavy atom. The molecular weight excluding hydrogens is 613 g/mol. The minimum absolute atomic E-state index is 0.0232. The van der Waals surface area contributed by atoms with Crippen molar-refractivity contribution in [3.8, 4) is 17.2 Å². The van der Waals surface area contributed by atoms with Crippen molar-refractivity contribution in [3.05, 3.63) is 78.1 Å². The van der Waals surface area contributed by atoms with Crippen LogP contribution in [0.1, 0.15) is 51.5 Å². The number of benzene rings is 3. The van der Waals surface area contributed by atoms with Crippen molar-refractivity contribution in [1.82, 2.24) is 10.2 Å². The predicted octanol–water partition coefficient (Wildman–Crippen LogP) is 5.30. The zero-order chi connectivity index (χ0) is 33.3. The highest BCUT2D eigenvalue weighted by Gasteiger charge is 2.35. The van der Waals surface area contributed by atoms with Crippen molar-refractivity contribution in [2.45, 2.75) is 69.5 Å². The molecule has 0 heterocycles. The Morgan fingerprint density at radius 2 is 1.59 bits per heavy atom. The summed E-state index contributed by atoms with van der Waals surface area (Å²) in [6, 6.07) is 15.4. The highest BCUT2D eigenvalue weighted by atomic mass is 32.2. The molecule has 1 aliphatic carbocycles. The topological polar surface area (TPSA) is 114 Å². The van der Waals surface area contributed by atoms with E-state index in [-0.39, 0.29) is 41.2 Å². The van der Waals surface area contributed by atoms with Crippen molar-refractivity contribution in [1.29, 1.82) is 0 Å². The lowest BCUT2D eigenvalue weighted by molar-refractivity contribution is -0.140. The van der Waals surface area contributed by atoms with E-state index in [1.807, 2.05) is 6.92 Å². The normalized spacial score (nSPS) is 13.9. The van der Waals surface area contributed by atoms with Crippen LogP contribution in [0.25, 0.3) is 0 Å². The van der Waals surface area contributed by atoms with Crippen LogP contribution in [-0.4, -0.2) is 64.6 Å². The van der Waals surface area contributed by atoms with Gasteiger partial charge in [-0.15, -0.1) is 0 Å². The summed E-state index contributed by atoms with van der Waals surface area (Å²) < 4.78 is 59.5. The largest absolute Gasteiger partial charge is 0.494 e. The number of hydrogen-bond donors (Lipinski definition) is 1. The number of nitrogens with one attached hydrogen (secondary N) is 1. The van der Waals surface area contributed by atoms with Crippen LogP contribution in [0.4, 0.5) is 10.1 Å². The quantitative estimate of drug-likeness (QED) is 0.236. The number of amides is 2. The van der Waals surface area contributed by atoms with Crippen LogP contribution in [0.5, 0.6) is 17.2 Å². The molecule has 248 valence electrons. The minimum Gasteiger partial charge on any atom is -0.494 e. The Bertz CT molecular complexity index is 1580. The molecule has 1 N–H and O–H groups in total. The molecule has 4 rings (SSSR count). The van der Waals surface area contributed by atoms with Gasteiger partial charge in [-0.05, 0) is 80.3 Å². The summed E-state index contributed by atoms with van der Waals surface area (Å²) >= 11 is 0. The SMILES string of the molecule is CCOc1ccc(N(CC(=O)N(Cc2ccc(F)cc2)[C@@H](CC)C(=O)NC2CCCC2)S(=O)(=O)c2ccc(OC)c(OC)c2)cc1. The number of sulfonamides is 1. The van der Waals surface area contributed by atoms with Crippen molar-refractivity contribution in [2.75, 3.05) is 31.7 Å². The van der Waals surface area contributed by atoms with Gasteiger partial charge in [0.1, 0.15) is 24.2 Å². The van der Waals surface area contributed by atoms with Gasteiger partial charge in [0.15, 0.2) is 11.5 Å². The highest BCUT2D eigenvalue weighted by molar-refractivity contribution is 7.92. The van der Waals surface area contributed by atoms with Gasteiger partial charge < -0.3 is 24.4 Å². The zero-order valence-corrected chi connectivity index (χ0v) is 27.5. The van der Waals surface area contributed by atoms with Crippen LogP contribution in [0.2, 0.25) is 0 Å². The van der Waals surface area contributed by atoms with Gasteiger partial charge in [0.05, 0.1) is 31.4 Å². The molecule has 3 aromatic rings. The van der Waals surface area contributed by atoms with Gasteiger partial charge in [-0.1, -0.05) is 31.9 Å². The maximum atomic E-state index is 14.3. The number of methoxy groups -OCH3 is 2. The first-order valence-electron chi connectivity index (χ1n) is 15.4. The number of anilines is 1. The fourth-order valence-corrected chi connectivity index (χ4v) is 7.01. The first-order chi connectivity index (χ1) is 22.1. The Labute approximate surface area is 270 Å². The van der Waals surface area contributed by atoms with E-state index >= 15 is 0 Å². The molecule has 0 aliphatic heterocycles. The second kappa shape index (κ2) is 15.8. The average molecular weight is 656 g/mol. The van der Waals surface area contributed by atoms with Crippen LogP contribution < -0.4 is 23.8 Å². The summed E-state index contributed by atoms with van der Waals surface area (Å²) in [7, 11) is -1.51. The molecule has 0 bridgehead atoms. The number of rotatable bonds is 15. The minimum atomic E-state index is -4.36. The summed E-state index contributed by atoms with van der Waals surface area (Å²) in [5.41, 5.74) is 0.814. The number of halogens is 1. The van der Waals surface area contributed by atoms with Crippen LogP contribution >= 0.6 is 0 Å². The van der Waals surface area contributed by atoms with Gasteiger partial charge in [-0.25, -0.2) is 12.8 Å². The maximum absolute atomic E-state index is 14.3. The average Bonchev–Trinajstić information content (AvgIpc) is 3.57. The molecule has 10 nitrogen and oxygen atoms in total. The number of nitrogens with zero attached hydrogens (tertiary/aromatic N) is 2. The first-order valence-corrected chi connectivity index (χ1v) is 16.9. The van der Waals surface area contributed by atoms with E-state index in [4.69, 9.17) is 14.2 Å². The number of ether oxygens (including phenoxy) is 3. The Hall–Kier alpha value is -4.32. The molecular formula is C34H42FN3O7S. The van der Waals surface area contributed by atoms with Crippen molar-refractivity contribution in [2.24, 2.45) is 0 Å². The zero-order valence-electron chi connectivity index (χ0n) is 26.7. The van der Waals surface area contributed by atoms with Gasteiger partial charge >= 0.3 is 0 Å². The molecule has 2 amide bonds. The van der Waals surface area contributed by atoms with Gasteiger partial charge in [0.2, 0.25) is 11.8 Å². The predicted molar refractivity (Wildman–Crippen MR) is 173 cm³/mol. The molecule has 0 aromatic heterocycles. The Balaban J connectivity index is 1.74. The van der Waals surface area contributed by atoms with Crippen LogP contribution in [0.3, 0.4) is 0 Å². The van der Waals surface area contributed by atoms with Gasteiger partial charge in [0.25, 0.3) is 10.0 Å².